The van der Waals surface area contributed by atoms with Crippen LogP contribution in [0.25, 0.3) is 0 Å². The largest absolute Gasteiger partial charge is 0.464 e. The number of nitrogens with one attached hydrogen (secondary N) is 1. The Morgan fingerprint density at radius 2 is 2.26 bits per heavy atom. The van der Waals surface area contributed by atoms with Crippen LogP contribution in [0.15, 0.2) is 6.07 Å². The zero-order valence-electron chi connectivity index (χ0n) is 11.2. The molecule has 2 unspecified atom stereocenters. The van der Waals surface area contributed by atoms with Gasteiger partial charge in [0.2, 0.25) is 0 Å². The fraction of sp³-hybridized carbons (Fsp3) is 0.583. The first kappa shape index (κ1) is 13.5. The Morgan fingerprint density at radius 1 is 1.53 bits per heavy atom. The van der Waals surface area contributed by atoms with E-state index in [4.69, 9.17) is 4.74 Å². The normalized spacial score (nSPS) is 22.3. The molecule has 1 N–H and O–H groups in total. The first-order valence-corrected chi connectivity index (χ1v) is 6.10. The number of nitrogens with zero attached hydrogens (tertiary/aromatic N) is 2. The number of hydrogen-bond acceptors (Lipinski definition) is 5. The third-order valence-corrected chi connectivity index (χ3v) is 3.05. The van der Waals surface area contributed by atoms with Crippen LogP contribution < -0.4 is 5.32 Å². The Balaban J connectivity index is 2.04. The summed E-state index contributed by atoms with van der Waals surface area (Å²) in [7, 11) is 2.92. The first-order chi connectivity index (χ1) is 9.01. The van der Waals surface area contributed by atoms with Gasteiger partial charge in [0.1, 0.15) is 11.9 Å². The van der Waals surface area contributed by atoms with Crippen LogP contribution in [0, 0.1) is 0 Å². The Bertz CT molecular complexity index is 497. The lowest BCUT2D eigenvalue weighted by atomic mass is 10.2. The summed E-state index contributed by atoms with van der Waals surface area (Å²) in [5.74, 6) is -0.320. The quantitative estimate of drug-likeness (QED) is 0.816. The Hall–Kier alpha value is -1.89. The molecule has 1 saturated heterocycles. The number of methoxy groups -OCH3 is 1. The second kappa shape index (κ2) is 5.40. The Kier molecular flexibility index (Phi) is 3.84. The molecule has 2 atom stereocenters. The maximum Gasteiger partial charge on any atom is 0.358 e. The highest BCUT2D eigenvalue weighted by molar-refractivity contribution is 5.95. The van der Waals surface area contributed by atoms with Crippen molar-refractivity contribution in [2.75, 3.05) is 12.4 Å². The smallest absolute Gasteiger partial charge is 0.358 e. The topological polar surface area (TPSA) is 82.5 Å². The molecular formula is C12H17N3O4. The maximum absolute atomic E-state index is 12.0. The molecule has 0 saturated carbocycles. The molecule has 1 fully saturated rings. The third-order valence-electron chi connectivity index (χ3n) is 3.05. The number of anilines is 1. The van der Waals surface area contributed by atoms with Gasteiger partial charge in [-0.05, 0) is 19.8 Å². The average Bonchev–Trinajstić information content (AvgIpc) is 2.96. The van der Waals surface area contributed by atoms with E-state index in [0.29, 0.717) is 12.2 Å². The van der Waals surface area contributed by atoms with Crippen LogP contribution in [0.2, 0.25) is 0 Å². The van der Waals surface area contributed by atoms with Crippen LogP contribution in [0.4, 0.5) is 5.82 Å². The van der Waals surface area contributed by atoms with Gasteiger partial charge in [-0.3, -0.25) is 9.48 Å². The first-order valence-electron chi connectivity index (χ1n) is 6.10. The summed E-state index contributed by atoms with van der Waals surface area (Å²) in [4.78, 5) is 23.3. The average molecular weight is 267 g/mol. The van der Waals surface area contributed by atoms with E-state index in [1.54, 1.807) is 7.05 Å². The van der Waals surface area contributed by atoms with Gasteiger partial charge in [0, 0.05) is 13.1 Å². The molecule has 0 aromatic carbocycles. The van der Waals surface area contributed by atoms with Gasteiger partial charge in [-0.2, -0.15) is 5.10 Å². The number of carbonyl (C=O) groups excluding carboxylic acids is 2. The molecule has 0 spiro atoms. The number of aromatic nitrogens is 2. The van der Waals surface area contributed by atoms with Crippen molar-refractivity contribution < 1.29 is 19.1 Å². The highest BCUT2D eigenvalue weighted by Gasteiger charge is 2.28. The maximum atomic E-state index is 12.0. The minimum absolute atomic E-state index is 0.105. The van der Waals surface area contributed by atoms with Gasteiger partial charge in [0.05, 0.1) is 13.2 Å². The fourth-order valence-corrected chi connectivity index (χ4v) is 1.99. The van der Waals surface area contributed by atoms with Gasteiger partial charge in [0.15, 0.2) is 5.69 Å². The molecular weight excluding hydrogens is 250 g/mol. The molecule has 19 heavy (non-hydrogen) atoms. The number of aryl methyl sites for hydroxylation is 1. The van der Waals surface area contributed by atoms with E-state index >= 15 is 0 Å². The Labute approximate surface area is 110 Å². The van der Waals surface area contributed by atoms with E-state index in [1.165, 1.54) is 17.9 Å². The van der Waals surface area contributed by atoms with Crippen LogP contribution in [-0.4, -0.2) is 41.0 Å². The molecule has 1 aromatic rings. The molecule has 1 amide bonds. The van der Waals surface area contributed by atoms with E-state index in [2.05, 4.69) is 15.2 Å². The predicted octanol–water partition coefficient (Wildman–Crippen LogP) is 0.713. The fourth-order valence-electron chi connectivity index (χ4n) is 1.99. The van der Waals surface area contributed by atoms with E-state index in [0.717, 1.165) is 6.42 Å². The van der Waals surface area contributed by atoms with Crippen molar-refractivity contribution in [3.05, 3.63) is 11.8 Å². The number of ether oxygens (including phenoxy) is 2. The lowest BCUT2D eigenvalue weighted by Crippen LogP contribution is -2.28. The monoisotopic (exact) mass is 267 g/mol. The van der Waals surface area contributed by atoms with Gasteiger partial charge >= 0.3 is 5.97 Å². The number of rotatable bonds is 3. The summed E-state index contributed by atoms with van der Waals surface area (Å²) in [6.07, 6.45) is 1.24. The summed E-state index contributed by atoms with van der Waals surface area (Å²) in [6, 6.07) is 1.47. The second-order valence-electron chi connectivity index (χ2n) is 4.53. The van der Waals surface area contributed by atoms with Crippen molar-refractivity contribution in [1.29, 1.82) is 0 Å². The number of hydrogen-bond donors (Lipinski definition) is 1. The lowest BCUT2D eigenvalue weighted by Gasteiger charge is -2.11. The lowest BCUT2D eigenvalue weighted by molar-refractivity contribution is -0.126. The van der Waals surface area contributed by atoms with Gasteiger partial charge in [0.25, 0.3) is 5.91 Å². The van der Waals surface area contributed by atoms with Gasteiger partial charge in [-0.15, -0.1) is 0 Å². The predicted molar refractivity (Wildman–Crippen MR) is 66.7 cm³/mol. The zero-order valence-corrected chi connectivity index (χ0v) is 11.2. The molecule has 1 aliphatic rings. The molecule has 1 aromatic heterocycles. The number of amides is 1. The van der Waals surface area contributed by atoms with Crippen LogP contribution >= 0.6 is 0 Å². The minimum Gasteiger partial charge on any atom is -0.464 e. The summed E-state index contributed by atoms with van der Waals surface area (Å²) in [5, 5.41) is 6.66. The van der Waals surface area contributed by atoms with Crippen molar-refractivity contribution in [3.8, 4) is 0 Å². The van der Waals surface area contributed by atoms with Gasteiger partial charge < -0.3 is 14.8 Å². The molecule has 1 aliphatic heterocycles. The molecule has 0 bridgehead atoms. The molecule has 0 radical (unpaired) electrons. The van der Waals surface area contributed by atoms with Crippen LogP contribution in [0.5, 0.6) is 0 Å². The van der Waals surface area contributed by atoms with Crippen molar-refractivity contribution >= 4 is 17.7 Å². The van der Waals surface area contributed by atoms with E-state index in [-0.39, 0.29) is 17.7 Å². The summed E-state index contributed by atoms with van der Waals surface area (Å²) >= 11 is 0. The van der Waals surface area contributed by atoms with Crippen molar-refractivity contribution in [1.82, 2.24) is 9.78 Å². The summed E-state index contributed by atoms with van der Waals surface area (Å²) in [5.41, 5.74) is 0.154. The van der Waals surface area contributed by atoms with Crippen LogP contribution in [0.3, 0.4) is 0 Å². The van der Waals surface area contributed by atoms with E-state index in [9.17, 15) is 9.59 Å². The number of esters is 1. The van der Waals surface area contributed by atoms with Crippen molar-refractivity contribution in [2.45, 2.75) is 32.0 Å². The minimum atomic E-state index is -0.540. The van der Waals surface area contributed by atoms with Crippen LogP contribution in [0.1, 0.15) is 30.3 Å². The van der Waals surface area contributed by atoms with Crippen molar-refractivity contribution in [3.63, 3.8) is 0 Å². The molecule has 7 nitrogen and oxygen atoms in total. The summed E-state index contributed by atoms with van der Waals surface area (Å²) in [6.45, 7) is 1.94. The van der Waals surface area contributed by atoms with E-state index < -0.39 is 12.1 Å². The zero-order chi connectivity index (χ0) is 14.0. The molecule has 104 valence electrons. The Morgan fingerprint density at radius 3 is 2.84 bits per heavy atom. The summed E-state index contributed by atoms with van der Waals surface area (Å²) < 4.78 is 11.5. The SMILES string of the molecule is COC(=O)c1cc(NC(=O)C2CCC(C)O2)n(C)n1. The second-order valence-corrected chi connectivity index (χ2v) is 4.53. The van der Waals surface area contributed by atoms with Crippen LogP contribution in [-0.2, 0) is 21.3 Å². The van der Waals surface area contributed by atoms with E-state index in [1.807, 2.05) is 6.92 Å². The molecule has 0 aliphatic carbocycles. The molecule has 2 rings (SSSR count). The molecule has 7 heteroatoms. The highest BCUT2D eigenvalue weighted by atomic mass is 16.5. The highest BCUT2D eigenvalue weighted by Crippen LogP contribution is 2.20. The van der Waals surface area contributed by atoms with Crippen molar-refractivity contribution in [2.24, 2.45) is 7.05 Å². The molecule has 2 heterocycles. The number of carbonyl (C=O) groups is 2. The third kappa shape index (κ3) is 2.93. The van der Waals surface area contributed by atoms with Gasteiger partial charge in [-0.1, -0.05) is 0 Å². The standard InChI is InChI=1S/C12H17N3O4/c1-7-4-5-9(19-7)11(16)13-10-6-8(12(17)18-3)14-15(10)2/h6-7,9H,4-5H2,1-3H3,(H,13,16). The van der Waals surface area contributed by atoms with Gasteiger partial charge in [-0.25, -0.2) is 4.79 Å².